The number of carbonyl (C=O) groups excluding carboxylic acids is 3. The van der Waals surface area contributed by atoms with E-state index in [4.69, 9.17) is 19.5 Å². The lowest BCUT2D eigenvalue weighted by atomic mass is 9.79. The standard InChI is InChI=1S/C26H23BF2N2O7/c1-15(32)30-12-20-13-31(26(34)38-20)19-7-8-21(23(28)11-19)17-4-2-16(3-5-17)14-37-25(33)18-6-9-22(27(35)36)24(29)10-18/h2-11,20,35-36H,12-14H2,1H3,(H,30,32). The van der Waals surface area contributed by atoms with E-state index < -0.39 is 36.9 Å². The van der Waals surface area contributed by atoms with E-state index in [1.165, 1.54) is 30.0 Å². The molecule has 196 valence electrons. The lowest BCUT2D eigenvalue weighted by Crippen LogP contribution is -2.33. The van der Waals surface area contributed by atoms with Gasteiger partial charge in [-0.05, 0) is 41.5 Å². The molecule has 38 heavy (non-hydrogen) atoms. The van der Waals surface area contributed by atoms with Crippen LogP contribution in [0.1, 0.15) is 22.8 Å². The fourth-order valence-electron chi connectivity index (χ4n) is 3.88. The summed E-state index contributed by atoms with van der Waals surface area (Å²) in [5, 5.41) is 20.7. The van der Waals surface area contributed by atoms with Crippen LogP contribution in [0.15, 0.2) is 60.7 Å². The van der Waals surface area contributed by atoms with Crippen molar-refractivity contribution in [1.82, 2.24) is 5.32 Å². The number of amides is 2. The second-order valence-electron chi connectivity index (χ2n) is 8.60. The number of benzene rings is 3. The third-order valence-corrected chi connectivity index (χ3v) is 5.87. The third kappa shape index (κ3) is 6.16. The Morgan fingerprint density at radius 1 is 1.08 bits per heavy atom. The summed E-state index contributed by atoms with van der Waals surface area (Å²) < 4.78 is 39.2. The molecule has 1 saturated heterocycles. The van der Waals surface area contributed by atoms with Crippen LogP contribution >= 0.6 is 0 Å². The Morgan fingerprint density at radius 3 is 2.45 bits per heavy atom. The summed E-state index contributed by atoms with van der Waals surface area (Å²) in [4.78, 5) is 36.8. The van der Waals surface area contributed by atoms with Gasteiger partial charge in [0.1, 0.15) is 24.3 Å². The Kier molecular flexibility index (Phi) is 8.03. The number of nitrogens with one attached hydrogen (secondary N) is 1. The van der Waals surface area contributed by atoms with Gasteiger partial charge in [0, 0.05) is 17.9 Å². The molecule has 0 spiro atoms. The van der Waals surface area contributed by atoms with E-state index in [1.54, 1.807) is 30.3 Å². The number of halogens is 2. The van der Waals surface area contributed by atoms with Gasteiger partial charge < -0.3 is 24.8 Å². The second-order valence-corrected chi connectivity index (χ2v) is 8.60. The topological polar surface area (TPSA) is 125 Å². The van der Waals surface area contributed by atoms with Crippen LogP contribution in [-0.4, -0.2) is 54.3 Å². The van der Waals surface area contributed by atoms with Crippen molar-refractivity contribution in [2.45, 2.75) is 19.6 Å². The molecule has 3 aromatic rings. The maximum atomic E-state index is 15.0. The van der Waals surface area contributed by atoms with E-state index in [0.717, 1.165) is 12.1 Å². The molecule has 3 aromatic carbocycles. The Labute approximate surface area is 216 Å². The maximum Gasteiger partial charge on any atom is 0.491 e. The number of rotatable bonds is 8. The van der Waals surface area contributed by atoms with Crippen LogP contribution in [0.4, 0.5) is 19.3 Å². The summed E-state index contributed by atoms with van der Waals surface area (Å²) in [6.07, 6.45) is -1.17. The van der Waals surface area contributed by atoms with Crippen LogP contribution in [0.2, 0.25) is 0 Å². The molecule has 1 heterocycles. The number of carbonyl (C=O) groups is 3. The molecule has 0 aromatic heterocycles. The van der Waals surface area contributed by atoms with Gasteiger partial charge in [-0.15, -0.1) is 0 Å². The van der Waals surface area contributed by atoms with Crippen molar-refractivity contribution in [3.05, 3.63) is 83.4 Å². The van der Waals surface area contributed by atoms with Crippen molar-refractivity contribution in [2.24, 2.45) is 0 Å². The molecule has 1 atom stereocenters. The van der Waals surface area contributed by atoms with Gasteiger partial charge in [-0.1, -0.05) is 30.3 Å². The first-order valence-electron chi connectivity index (χ1n) is 11.6. The highest BCUT2D eigenvalue weighted by molar-refractivity contribution is 6.58. The molecule has 1 aliphatic rings. The highest BCUT2D eigenvalue weighted by atomic mass is 19.1. The minimum Gasteiger partial charge on any atom is -0.457 e. The molecule has 0 saturated carbocycles. The molecule has 2 amide bonds. The van der Waals surface area contributed by atoms with Gasteiger partial charge in [-0.3, -0.25) is 9.69 Å². The minimum absolute atomic E-state index is 0.0889. The third-order valence-electron chi connectivity index (χ3n) is 5.87. The first-order valence-corrected chi connectivity index (χ1v) is 11.6. The molecule has 0 bridgehead atoms. The van der Waals surface area contributed by atoms with Crippen molar-refractivity contribution in [2.75, 3.05) is 18.0 Å². The van der Waals surface area contributed by atoms with E-state index in [-0.39, 0.29) is 36.6 Å². The number of ether oxygens (including phenoxy) is 2. The number of cyclic esters (lactones) is 1. The van der Waals surface area contributed by atoms with Gasteiger partial charge in [-0.2, -0.15) is 0 Å². The van der Waals surface area contributed by atoms with Crippen molar-refractivity contribution in [3.8, 4) is 11.1 Å². The number of hydrogen-bond acceptors (Lipinski definition) is 7. The summed E-state index contributed by atoms with van der Waals surface area (Å²) in [5.41, 5.74) is 1.33. The first kappa shape index (κ1) is 26.8. The highest BCUT2D eigenvalue weighted by Crippen LogP contribution is 2.29. The predicted octanol–water partition coefficient (Wildman–Crippen LogP) is 2.13. The quantitative estimate of drug-likeness (QED) is 0.305. The van der Waals surface area contributed by atoms with Gasteiger partial charge in [-0.25, -0.2) is 18.4 Å². The molecule has 0 radical (unpaired) electrons. The van der Waals surface area contributed by atoms with E-state index in [0.29, 0.717) is 22.4 Å². The van der Waals surface area contributed by atoms with Crippen LogP contribution in [0.5, 0.6) is 0 Å². The summed E-state index contributed by atoms with van der Waals surface area (Å²) in [7, 11) is -2.00. The van der Waals surface area contributed by atoms with Crippen LogP contribution in [0.25, 0.3) is 11.1 Å². The van der Waals surface area contributed by atoms with Crippen molar-refractivity contribution >= 4 is 36.2 Å². The molecule has 12 heteroatoms. The number of hydrogen-bond donors (Lipinski definition) is 3. The zero-order valence-electron chi connectivity index (χ0n) is 20.2. The fourth-order valence-corrected chi connectivity index (χ4v) is 3.88. The van der Waals surface area contributed by atoms with E-state index in [9.17, 15) is 23.2 Å². The van der Waals surface area contributed by atoms with Gasteiger partial charge in [0.05, 0.1) is 24.3 Å². The molecule has 1 aliphatic heterocycles. The number of esters is 1. The van der Waals surface area contributed by atoms with Gasteiger partial charge in [0.2, 0.25) is 5.91 Å². The zero-order valence-corrected chi connectivity index (χ0v) is 20.2. The predicted molar refractivity (Wildman–Crippen MR) is 133 cm³/mol. The summed E-state index contributed by atoms with van der Waals surface area (Å²) in [6.45, 7) is 1.57. The minimum atomic E-state index is -2.00. The smallest absolute Gasteiger partial charge is 0.457 e. The van der Waals surface area contributed by atoms with Gasteiger partial charge in [0.15, 0.2) is 0 Å². The normalized spacial score (nSPS) is 14.7. The SMILES string of the molecule is CC(=O)NCC1CN(c2ccc(-c3ccc(COC(=O)c4ccc(B(O)O)c(F)c4)cc3)c(F)c2)C(=O)O1. The Bertz CT molecular complexity index is 1370. The molecule has 1 fully saturated rings. The zero-order chi connectivity index (χ0) is 27.4. The summed E-state index contributed by atoms with van der Waals surface area (Å²) in [5.74, 6) is -2.55. The molecule has 3 N–H and O–H groups in total. The van der Waals surface area contributed by atoms with E-state index in [1.807, 2.05) is 0 Å². The Balaban J connectivity index is 1.38. The summed E-state index contributed by atoms with van der Waals surface area (Å²) in [6, 6.07) is 14.1. The van der Waals surface area contributed by atoms with Gasteiger partial charge in [0.25, 0.3) is 0 Å². The first-order chi connectivity index (χ1) is 18.1. The number of nitrogens with zero attached hydrogens (tertiary/aromatic N) is 1. The largest absolute Gasteiger partial charge is 0.491 e. The number of anilines is 1. The molecule has 9 nitrogen and oxygen atoms in total. The molecule has 4 rings (SSSR count). The lowest BCUT2D eigenvalue weighted by molar-refractivity contribution is -0.119. The van der Waals surface area contributed by atoms with Crippen molar-refractivity contribution in [3.63, 3.8) is 0 Å². The van der Waals surface area contributed by atoms with E-state index >= 15 is 0 Å². The Hall–Kier alpha value is -4.29. The Morgan fingerprint density at radius 2 is 1.82 bits per heavy atom. The van der Waals surface area contributed by atoms with Crippen LogP contribution in [0.3, 0.4) is 0 Å². The molecular weight excluding hydrogens is 501 g/mol. The highest BCUT2D eigenvalue weighted by Gasteiger charge is 2.32. The van der Waals surface area contributed by atoms with Gasteiger partial charge >= 0.3 is 19.2 Å². The van der Waals surface area contributed by atoms with E-state index in [2.05, 4.69) is 5.32 Å². The summed E-state index contributed by atoms with van der Waals surface area (Å²) >= 11 is 0. The van der Waals surface area contributed by atoms with Crippen LogP contribution < -0.4 is 15.7 Å². The molecule has 1 unspecified atom stereocenters. The van der Waals surface area contributed by atoms with Crippen molar-refractivity contribution < 1.29 is 42.7 Å². The second kappa shape index (κ2) is 11.4. The maximum absolute atomic E-state index is 15.0. The molecular formula is C26H23BF2N2O7. The average molecular weight is 524 g/mol. The van der Waals surface area contributed by atoms with Crippen LogP contribution in [-0.2, 0) is 20.9 Å². The average Bonchev–Trinajstić information content (AvgIpc) is 3.26. The molecule has 0 aliphatic carbocycles. The monoisotopic (exact) mass is 524 g/mol. The lowest BCUT2D eigenvalue weighted by Gasteiger charge is -2.15. The fraction of sp³-hybridized carbons (Fsp3) is 0.192. The van der Waals surface area contributed by atoms with Crippen molar-refractivity contribution in [1.29, 1.82) is 0 Å². The van der Waals surface area contributed by atoms with Crippen LogP contribution in [0, 0.1) is 11.6 Å².